The van der Waals surface area contributed by atoms with Crippen molar-refractivity contribution >= 4 is 21.3 Å². The number of ether oxygens (including phenoxy) is 1. The third-order valence-corrected chi connectivity index (χ3v) is 10.6. The van der Waals surface area contributed by atoms with Crippen LogP contribution in [0.4, 0.5) is 4.39 Å². The first-order valence-corrected chi connectivity index (χ1v) is 12.4. The van der Waals surface area contributed by atoms with E-state index in [0.717, 1.165) is 0 Å². The minimum absolute atomic E-state index is 0.0403. The van der Waals surface area contributed by atoms with Crippen LogP contribution < -0.4 is 10.5 Å². The fourth-order valence-corrected chi connectivity index (χ4v) is 7.96. The molecule has 1 aromatic heterocycles. The van der Waals surface area contributed by atoms with Gasteiger partial charge in [0.2, 0.25) is 0 Å². The van der Waals surface area contributed by atoms with Crippen LogP contribution in [0.1, 0.15) is 54.4 Å². The molecule has 1 aromatic carbocycles. The van der Waals surface area contributed by atoms with Gasteiger partial charge in [-0.25, -0.2) is 17.9 Å². The molecule has 0 aliphatic carbocycles. The standard InChI is InChI=1S/C24H29FN4O3S/c1-14-10-16(32-5)13-27-21(14)19(30)12-15-6-7-18(25)17(11-15)24(4)20-8-9-28-33(20,31)23(2,3)22(26)29-24/h6-7,10-11,13,20H,8-9,12H2,1-5H3,(H2,26,29)/t20-,24+,33+/m0/s1. The summed E-state index contributed by atoms with van der Waals surface area (Å²) >= 11 is 0. The number of Topliss-reactive ketones (excluding diaryl/α,β-unsaturated/α-hetero) is 1. The van der Waals surface area contributed by atoms with Crippen molar-refractivity contribution < 1.29 is 18.1 Å². The molecule has 0 radical (unpaired) electrons. The Morgan fingerprint density at radius 1 is 1.30 bits per heavy atom. The van der Waals surface area contributed by atoms with Crippen LogP contribution in [-0.4, -0.2) is 44.5 Å². The predicted molar refractivity (Wildman–Crippen MR) is 127 cm³/mol. The Hall–Kier alpha value is -2.81. The number of rotatable bonds is 5. The molecule has 2 N–H and O–H groups in total. The van der Waals surface area contributed by atoms with E-state index in [1.54, 1.807) is 45.9 Å². The second-order valence-corrected chi connectivity index (χ2v) is 12.3. The lowest BCUT2D eigenvalue weighted by Gasteiger charge is -2.44. The van der Waals surface area contributed by atoms with E-state index in [1.165, 1.54) is 19.4 Å². The molecular formula is C24H29FN4O3S. The number of carbonyl (C=O) groups excluding carboxylic acids is 1. The van der Waals surface area contributed by atoms with Crippen molar-refractivity contribution in [1.82, 2.24) is 4.98 Å². The molecule has 0 bridgehead atoms. The molecule has 3 heterocycles. The number of benzene rings is 1. The average molecular weight is 473 g/mol. The second-order valence-electron chi connectivity index (χ2n) is 9.31. The van der Waals surface area contributed by atoms with Gasteiger partial charge in [-0.15, -0.1) is 0 Å². The average Bonchev–Trinajstić information content (AvgIpc) is 3.18. The fourth-order valence-electron chi connectivity index (χ4n) is 4.80. The van der Waals surface area contributed by atoms with E-state index in [1.807, 2.05) is 0 Å². The van der Waals surface area contributed by atoms with Crippen LogP contribution in [0.15, 0.2) is 39.8 Å². The minimum Gasteiger partial charge on any atom is -0.495 e. The Morgan fingerprint density at radius 3 is 2.70 bits per heavy atom. The highest BCUT2D eigenvalue weighted by Gasteiger charge is 2.56. The summed E-state index contributed by atoms with van der Waals surface area (Å²) < 4.78 is 37.8. The minimum atomic E-state index is -2.77. The van der Waals surface area contributed by atoms with Gasteiger partial charge in [0.15, 0.2) is 5.78 Å². The van der Waals surface area contributed by atoms with Gasteiger partial charge in [0.1, 0.15) is 33.4 Å². The number of amidine groups is 1. The Morgan fingerprint density at radius 2 is 2.03 bits per heavy atom. The van der Waals surface area contributed by atoms with E-state index < -0.39 is 31.1 Å². The summed E-state index contributed by atoms with van der Waals surface area (Å²) in [6, 6.07) is 6.30. The number of halogens is 1. The molecular weight excluding hydrogens is 443 g/mol. The Balaban J connectivity index is 1.74. The third-order valence-electron chi connectivity index (χ3n) is 6.88. The number of hydrogen-bond donors (Lipinski definition) is 1. The molecule has 176 valence electrons. The molecule has 9 heteroatoms. The molecule has 4 rings (SSSR count). The van der Waals surface area contributed by atoms with E-state index in [-0.39, 0.29) is 23.6 Å². The first-order chi connectivity index (χ1) is 15.4. The lowest BCUT2D eigenvalue weighted by Crippen LogP contribution is -2.58. The van der Waals surface area contributed by atoms with Gasteiger partial charge in [-0.1, -0.05) is 6.07 Å². The van der Waals surface area contributed by atoms with Crippen molar-refractivity contribution in [1.29, 1.82) is 0 Å². The van der Waals surface area contributed by atoms with Crippen molar-refractivity contribution in [2.75, 3.05) is 13.7 Å². The molecule has 0 fully saturated rings. The quantitative estimate of drug-likeness (QED) is 0.670. The summed E-state index contributed by atoms with van der Waals surface area (Å²) in [5.74, 6) is 0.112. The van der Waals surface area contributed by atoms with Crippen molar-refractivity contribution in [3.8, 4) is 5.75 Å². The highest BCUT2D eigenvalue weighted by Crippen LogP contribution is 2.47. The van der Waals surface area contributed by atoms with E-state index in [9.17, 15) is 9.00 Å². The molecule has 0 saturated heterocycles. The number of carbonyl (C=O) groups is 1. The molecule has 0 saturated carbocycles. The molecule has 0 spiro atoms. The molecule has 33 heavy (non-hydrogen) atoms. The third kappa shape index (κ3) is 3.53. The van der Waals surface area contributed by atoms with Crippen LogP contribution in [0, 0.1) is 12.7 Å². The molecule has 3 atom stereocenters. The van der Waals surface area contributed by atoms with Gasteiger partial charge in [-0.2, -0.15) is 0 Å². The van der Waals surface area contributed by atoms with Gasteiger partial charge in [0.25, 0.3) is 0 Å². The first kappa shape index (κ1) is 23.4. The molecule has 0 unspecified atom stereocenters. The normalized spacial score (nSPS) is 27.9. The zero-order valence-electron chi connectivity index (χ0n) is 19.5. The van der Waals surface area contributed by atoms with Gasteiger partial charge >= 0.3 is 0 Å². The SMILES string of the molecule is COc1cnc(C(=O)Cc2ccc(F)c([C@@]3(C)N=C(N)C(C)(C)[S@@]4(=O)=NCC[C@@H]34)c2)c(C)c1. The van der Waals surface area contributed by atoms with Gasteiger partial charge in [-0.3, -0.25) is 9.79 Å². The number of nitrogens with zero attached hydrogens (tertiary/aromatic N) is 3. The summed E-state index contributed by atoms with van der Waals surface area (Å²) in [6.07, 6.45) is 2.07. The smallest absolute Gasteiger partial charge is 0.185 e. The summed E-state index contributed by atoms with van der Waals surface area (Å²) in [6.45, 7) is 7.55. The number of nitrogens with two attached hydrogens (primary N) is 1. The number of aliphatic imine (C=N–C) groups is 1. The monoisotopic (exact) mass is 472 g/mol. The van der Waals surface area contributed by atoms with Crippen LogP contribution in [0.25, 0.3) is 0 Å². The highest BCUT2D eigenvalue weighted by atomic mass is 32.2. The van der Waals surface area contributed by atoms with Crippen LogP contribution in [0.3, 0.4) is 0 Å². The summed E-state index contributed by atoms with van der Waals surface area (Å²) in [5, 5.41) is -0.474. The maximum Gasteiger partial charge on any atom is 0.185 e. The van der Waals surface area contributed by atoms with E-state index in [4.69, 9.17) is 15.5 Å². The van der Waals surface area contributed by atoms with Gasteiger partial charge < -0.3 is 10.5 Å². The number of pyridine rings is 1. The van der Waals surface area contributed by atoms with Crippen molar-refractivity contribution in [2.45, 2.75) is 56.1 Å². The van der Waals surface area contributed by atoms with E-state index in [2.05, 4.69) is 9.35 Å². The molecule has 0 amide bonds. The number of ketones is 1. The van der Waals surface area contributed by atoms with Crippen LogP contribution in [0.5, 0.6) is 5.75 Å². The van der Waals surface area contributed by atoms with Gasteiger partial charge in [-0.05, 0) is 63.4 Å². The number of methoxy groups -OCH3 is 1. The van der Waals surface area contributed by atoms with E-state index >= 15 is 4.39 Å². The second kappa shape index (κ2) is 7.90. The molecule has 7 nitrogen and oxygen atoms in total. The zero-order valence-corrected chi connectivity index (χ0v) is 20.3. The van der Waals surface area contributed by atoms with E-state index in [0.29, 0.717) is 35.5 Å². The van der Waals surface area contributed by atoms with Crippen molar-refractivity contribution in [3.63, 3.8) is 0 Å². The van der Waals surface area contributed by atoms with Crippen molar-refractivity contribution in [3.05, 3.63) is 58.7 Å². The fraction of sp³-hybridized carbons (Fsp3) is 0.458. The number of aryl methyl sites for hydroxylation is 1. The largest absolute Gasteiger partial charge is 0.495 e. The van der Waals surface area contributed by atoms with Gasteiger partial charge in [0.05, 0.1) is 28.3 Å². The topological polar surface area (TPSA) is 107 Å². The lowest BCUT2D eigenvalue weighted by molar-refractivity contribution is 0.0987. The zero-order chi connectivity index (χ0) is 24.2. The highest BCUT2D eigenvalue weighted by molar-refractivity contribution is 7.96. The van der Waals surface area contributed by atoms with Crippen LogP contribution in [-0.2, 0) is 21.7 Å². The summed E-state index contributed by atoms with van der Waals surface area (Å²) in [7, 11) is -1.24. The van der Waals surface area contributed by atoms with Crippen LogP contribution in [0.2, 0.25) is 0 Å². The number of fused-ring (bicyclic) bond motifs is 1. The predicted octanol–water partition coefficient (Wildman–Crippen LogP) is 3.57. The molecule has 2 aliphatic rings. The Labute approximate surface area is 193 Å². The molecule has 2 aromatic rings. The maximum absolute atomic E-state index is 15.2. The molecule has 2 aliphatic heterocycles. The van der Waals surface area contributed by atoms with Gasteiger partial charge in [0, 0.05) is 18.5 Å². The maximum atomic E-state index is 15.2. The Kier molecular flexibility index (Phi) is 5.59. The number of hydrogen-bond acceptors (Lipinski definition) is 7. The first-order valence-electron chi connectivity index (χ1n) is 10.8. The van der Waals surface area contributed by atoms with Crippen molar-refractivity contribution in [2.24, 2.45) is 15.1 Å². The Bertz CT molecular complexity index is 1300. The summed E-state index contributed by atoms with van der Waals surface area (Å²) in [5.41, 5.74) is 7.06. The summed E-state index contributed by atoms with van der Waals surface area (Å²) in [4.78, 5) is 21.9. The number of aromatic nitrogens is 1. The lowest BCUT2D eigenvalue weighted by atomic mass is 9.84. The van der Waals surface area contributed by atoms with Crippen LogP contribution >= 0.6 is 0 Å².